The number of aromatic nitrogens is 4. The predicted molar refractivity (Wildman–Crippen MR) is 126 cm³/mol. The summed E-state index contributed by atoms with van der Waals surface area (Å²) in [6.45, 7) is 0.940. The van der Waals surface area contributed by atoms with Gasteiger partial charge >= 0.3 is 11.9 Å². The molecule has 192 valence electrons. The van der Waals surface area contributed by atoms with E-state index in [4.69, 9.17) is 20.3 Å². The van der Waals surface area contributed by atoms with Gasteiger partial charge in [-0.25, -0.2) is 19.7 Å². The highest BCUT2D eigenvalue weighted by Gasteiger charge is 2.44. The molecule has 4 rings (SSSR count). The Labute approximate surface area is 206 Å². The molecule has 13 nitrogen and oxygen atoms in total. The van der Waals surface area contributed by atoms with E-state index >= 15 is 0 Å². The quantitative estimate of drug-likeness (QED) is 0.277. The summed E-state index contributed by atoms with van der Waals surface area (Å²) in [4.78, 5) is 37.1. The van der Waals surface area contributed by atoms with E-state index in [-0.39, 0.29) is 18.8 Å². The van der Waals surface area contributed by atoms with Gasteiger partial charge in [0.25, 0.3) is 0 Å². The van der Waals surface area contributed by atoms with Gasteiger partial charge in [0, 0.05) is 19.5 Å². The zero-order chi connectivity index (χ0) is 25.8. The molecule has 4 atom stereocenters. The lowest BCUT2D eigenvalue weighted by Crippen LogP contribution is -2.40. The van der Waals surface area contributed by atoms with Crippen LogP contribution in [0.25, 0.3) is 11.2 Å². The van der Waals surface area contributed by atoms with Crippen molar-refractivity contribution in [2.24, 2.45) is 0 Å². The molecule has 1 saturated heterocycles. The first kappa shape index (κ1) is 25.4. The summed E-state index contributed by atoms with van der Waals surface area (Å²) in [7, 11) is 1.30. The molecule has 0 amide bonds. The van der Waals surface area contributed by atoms with Crippen molar-refractivity contribution in [2.75, 3.05) is 25.9 Å². The number of carboxylic acid groups (broad SMARTS) is 1. The second kappa shape index (κ2) is 11.0. The lowest BCUT2D eigenvalue weighted by molar-refractivity contribution is -0.137. The summed E-state index contributed by atoms with van der Waals surface area (Å²) in [6, 6.07) is 6.90. The van der Waals surface area contributed by atoms with Gasteiger partial charge in [0.05, 0.1) is 19.0 Å². The Bertz CT molecular complexity index is 1230. The van der Waals surface area contributed by atoms with Crippen molar-refractivity contribution in [3.05, 3.63) is 48.0 Å². The Morgan fingerprint density at radius 2 is 2.03 bits per heavy atom. The van der Waals surface area contributed by atoms with Gasteiger partial charge in [0.1, 0.15) is 30.2 Å². The Hall–Kier alpha value is -3.65. The average Bonchev–Trinajstić information content (AvgIpc) is 3.41. The summed E-state index contributed by atoms with van der Waals surface area (Å²) in [5.74, 6) is -1.20. The van der Waals surface area contributed by atoms with Crippen LogP contribution in [0, 0.1) is 0 Å². The summed E-state index contributed by atoms with van der Waals surface area (Å²) >= 11 is 0. The molecule has 0 unspecified atom stereocenters. The largest absolute Gasteiger partial charge is 0.481 e. The fourth-order valence-corrected chi connectivity index (χ4v) is 4.28. The van der Waals surface area contributed by atoms with Crippen LogP contribution in [0.5, 0.6) is 0 Å². The molecule has 1 aromatic carbocycles. The Morgan fingerprint density at radius 3 is 2.78 bits per heavy atom. The molecule has 1 aliphatic heterocycles. The van der Waals surface area contributed by atoms with Crippen molar-refractivity contribution in [3.63, 3.8) is 0 Å². The third-order valence-corrected chi connectivity index (χ3v) is 6.06. The van der Waals surface area contributed by atoms with E-state index in [2.05, 4.69) is 15.0 Å². The highest BCUT2D eigenvalue weighted by molar-refractivity contribution is 5.89. The number of fused-ring (bicyclic) bond motifs is 1. The molecular weight excluding hydrogens is 472 g/mol. The molecule has 1 aliphatic rings. The fourth-order valence-electron chi connectivity index (χ4n) is 4.28. The predicted octanol–water partition coefficient (Wildman–Crippen LogP) is 0.181. The van der Waals surface area contributed by atoms with Crippen LogP contribution >= 0.6 is 0 Å². The smallest absolute Gasteiger partial charge is 0.337 e. The van der Waals surface area contributed by atoms with Crippen LogP contribution in [-0.4, -0.2) is 90.2 Å². The second-order valence-electron chi connectivity index (χ2n) is 8.55. The monoisotopic (exact) mass is 500 g/mol. The Morgan fingerprint density at radius 1 is 1.22 bits per heavy atom. The van der Waals surface area contributed by atoms with Crippen molar-refractivity contribution < 1.29 is 34.4 Å². The van der Waals surface area contributed by atoms with Crippen molar-refractivity contribution in [1.82, 2.24) is 24.4 Å². The van der Waals surface area contributed by atoms with Gasteiger partial charge in [-0.15, -0.1) is 0 Å². The van der Waals surface area contributed by atoms with Gasteiger partial charge in [0.2, 0.25) is 0 Å². The molecule has 13 heteroatoms. The first-order valence-corrected chi connectivity index (χ1v) is 11.3. The minimum atomic E-state index is -1.27. The maximum atomic E-state index is 11.9. The summed E-state index contributed by atoms with van der Waals surface area (Å²) in [5, 5.41) is 30.6. The number of nitrogens with zero attached hydrogens (tertiary/aromatic N) is 5. The molecule has 2 aromatic heterocycles. The molecule has 0 spiro atoms. The van der Waals surface area contributed by atoms with Crippen LogP contribution in [-0.2, 0) is 20.8 Å². The van der Waals surface area contributed by atoms with Crippen LogP contribution in [0.3, 0.4) is 0 Å². The number of hydrogen-bond donors (Lipinski definition) is 4. The Balaban J connectivity index is 1.52. The molecule has 0 saturated carbocycles. The number of nitrogen functional groups attached to an aromatic ring is 1. The number of aliphatic hydroxyl groups is 2. The standard InChI is InChI=1S/C23H28N6O7/c1-35-23(34)14-5-2-4-13(8-14)9-28(7-3-6-16(30)31)10-15-18(32)19(33)22(36-15)29-12-27-17-20(24)25-11-26-21(17)29/h2,4-5,8,11-12,15,18-19,22,32-33H,3,6-7,9-10H2,1H3,(H,30,31)(H2,24,25,26)/t15-,18-,19-,22-/m1/s1. The number of aliphatic carboxylic acids is 1. The van der Waals surface area contributed by atoms with Crippen molar-refractivity contribution in [2.45, 2.75) is 43.9 Å². The third-order valence-electron chi connectivity index (χ3n) is 6.06. The SMILES string of the molecule is COC(=O)c1cccc(CN(CCCC(=O)O)C[C@H]2O[C@@H](n3cnc4c(N)ncnc43)[C@H](O)[C@@H]2O)c1. The minimum Gasteiger partial charge on any atom is -0.481 e. The number of rotatable bonds is 10. The molecule has 0 bridgehead atoms. The zero-order valence-electron chi connectivity index (χ0n) is 19.6. The van der Waals surface area contributed by atoms with E-state index in [1.807, 2.05) is 11.0 Å². The van der Waals surface area contributed by atoms with Gasteiger partial charge in [-0.05, 0) is 30.7 Å². The highest BCUT2D eigenvalue weighted by Crippen LogP contribution is 2.32. The maximum Gasteiger partial charge on any atom is 0.337 e. The topological polar surface area (TPSA) is 186 Å². The molecular formula is C23H28N6O7. The van der Waals surface area contributed by atoms with Gasteiger partial charge in [0.15, 0.2) is 17.7 Å². The number of benzene rings is 1. The Kier molecular flexibility index (Phi) is 7.74. The summed E-state index contributed by atoms with van der Waals surface area (Å²) in [5.41, 5.74) is 7.74. The lowest BCUT2D eigenvalue weighted by atomic mass is 10.1. The van der Waals surface area contributed by atoms with E-state index < -0.39 is 36.5 Å². The summed E-state index contributed by atoms with van der Waals surface area (Å²) in [6.07, 6.45) is -1.23. The molecule has 0 aliphatic carbocycles. The van der Waals surface area contributed by atoms with Crippen LogP contribution in [0.1, 0.15) is 35.0 Å². The zero-order valence-corrected chi connectivity index (χ0v) is 19.6. The molecule has 36 heavy (non-hydrogen) atoms. The van der Waals surface area contributed by atoms with E-state index in [9.17, 15) is 19.8 Å². The summed E-state index contributed by atoms with van der Waals surface area (Å²) < 4.78 is 12.3. The number of esters is 1. The van der Waals surface area contributed by atoms with E-state index in [0.29, 0.717) is 36.2 Å². The van der Waals surface area contributed by atoms with Crippen molar-refractivity contribution >= 4 is 28.9 Å². The number of methoxy groups -OCH3 is 1. The minimum absolute atomic E-state index is 0.0276. The van der Waals surface area contributed by atoms with Crippen molar-refractivity contribution in [3.8, 4) is 0 Å². The molecule has 3 aromatic rings. The number of carbonyl (C=O) groups is 2. The van der Waals surface area contributed by atoms with Crippen LogP contribution in [0.4, 0.5) is 5.82 Å². The number of nitrogens with two attached hydrogens (primary N) is 1. The van der Waals surface area contributed by atoms with E-state index in [1.54, 1.807) is 18.2 Å². The first-order chi connectivity index (χ1) is 17.3. The number of ether oxygens (including phenoxy) is 2. The molecule has 5 N–H and O–H groups in total. The van der Waals surface area contributed by atoms with Gasteiger partial charge in [-0.3, -0.25) is 14.3 Å². The highest BCUT2D eigenvalue weighted by atomic mass is 16.6. The number of carboxylic acids is 1. The second-order valence-corrected chi connectivity index (χ2v) is 8.55. The lowest BCUT2D eigenvalue weighted by Gasteiger charge is -2.27. The van der Waals surface area contributed by atoms with E-state index in [0.717, 1.165) is 5.56 Å². The van der Waals surface area contributed by atoms with Gasteiger partial charge in [-0.2, -0.15) is 0 Å². The van der Waals surface area contributed by atoms with E-state index in [1.165, 1.54) is 24.3 Å². The first-order valence-electron chi connectivity index (χ1n) is 11.3. The number of aliphatic hydroxyl groups excluding tert-OH is 2. The van der Waals surface area contributed by atoms with Crippen molar-refractivity contribution in [1.29, 1.82) is 0 Å². The van der Waals surface area contributed by atoms with Gasteiger partial charge in [-0.1, -0.05) is 12.1 Å². The van der Waals surface area contributed by atoms with Crippen LogP contribution in [0.15, 0.2) is 36.9 Å². The average molecular weight is 501 g/mol. The molecule has 3 heterocycles. The maximum absolute atomic E-state index is 11.9. The number of anilines is 1. The number of carbonyl (C=O) groups excluding carboxylic acids is 1. The molecule has 1 fully saturated rings. The number of imidazole rings is 1. The molecule has 0 radical (unpaired) electrons. The number of hydrogen-bond acceptors (Lipinski definition) is 11. The van der Waals surface area contributed by atoms with Gasteiger partial charge < -0.3 is 30.5 Å². The van der Waals surface area contributed by atoms with Crippen LogP contribution < -0.4 is 5.73 Å². The normalized spacial score (nSPS) is 21.8. The van der Waals surface area contributed by atoms with Crippen LogP contribution in [0.2, 0.25) is 0 Å². The fraction of sp³-hybridized carbons (Fsp3) is 0.435. The third kappa shape index (κ3) is 5.44.